The molecular formula is C5H6F2N4O. The fourth-order valence-corrected chi connectivity index (χ4v) is 0.595. The van der Waals surface area contributed by atoms with Gasteiger partial charge in [-0.05, 0) is 0 Å². The van der Waals surface area contributed by atoms with Crippen LogP contribution in [0.15, 0.2) is 12.4 Å². The number of alkyl halides is 2. The fourth-order valence-electron chi connectivity index (χ4n) is 0.595. The first-order valence-electron chi connectivity index (χ1n) is 2.96. The summed E-state index contributed by atoms with van der Waals surface area (Å²) in [4.78, 5) is 7.08. The number of nitrogens with two attached hydrogens (primary N) is 1. The van der Waals surface area contributed by atoms with E-state index >= 15 is 0 Å². The molecular weight excluding hydrogens is 170 g/mol. The van der Waals surface area contributed by atoms with Crippen molar-refractivity contribution in [1.29, 1.82) is 0 Å². The van der Waals surface area contributed by atoms with Gasteiger partial charge in [-0.2, -0.15) is 8.78 Å². The van der Waals surface area contributed by atoms with Gasteiger partial charge < -0.3 is 10.2 Å². The van der Waals surface area contributed by atoms with Crippen LogP contribution in [0.4, 0.5) is 14.6 Å². The lowest BCUT2D eigenvalue weighted by molar-refractivity contribution is -0.0525. The topological polar surface area (TPSA) is 73.1 Å². The highest BCUT2D eigenvalue weighted by atomic mass is 19.3. The van der Waals surface area contributed by atoms with Gasteiger partial charge in [-0.15, -0.1) is 0 Å². The molecule has 3 N–H and O–H groups in total. The molecule has 0 spiro atoms. The maximum Gasteiger partial charge on any atom is 0.388 e. The van der Waals surface area contributed by atoms with E-state index in [1.807, 2.05) is 0 Å². The van der Waals surface area contributed by atoms with Gasteiger partial charge in [0.05, 0.1) is 0 Å². The lowest BCUT2D eigenvalue weighted by Gasteiger charge is -2.05. The van der Waals surface area contributed by atoms with Crippen LogP contribution in [0.3, 0.4) is 0 Å². The number of anilines is 1. The van der Waals surface area contributed by atoms with Gasteiger partial charge in [0, 0.05) is 12.4 Å². The number of aromatic nitrogens is 2. The summed E-state index contributed by atoms with van der Waals surface area (Å²) in [6.45, 7) is -2.94. The molecule has 1 heterocycles. The van der Waals surface area contributed by atoms with Crippen molar-refractivity contribution in [2.75, 3.05) is 5.43 Å². The van der Waals surface area contributed by atoms with Gasteiger partial charge in [0.1, 0.15) is 0 Å². The van der Waals surface area contributed by atoms with Crippen LogP contribution in [-0.4, -0.2) is 16.6 Å². The van der Waals surface area contributed by atoms with Crippen molar-refractivity contribution in [1.82, 2.24) is 9.97 Å². The minimum absolute atomic E-state index is 0.0298. The molecule has 12 heavy (non-hydrogen) atoms. The minimum atomic E-state index is -2.94. The van der Waals surface area contributed by atoms with Crippen molar-refractivity contribution >= 4 is 5.82 Å². The lowest BCUT2D eigenvalue weighted by Crippen LogP contribution is -2.13. The molecule has 0 aromatic carbocycles. The summed E-state index contributed by atoms with van der Waals surface area (Å²) < 4.78 is 27.3. The Bertz CT molecular complexity index is 257. The summed E-state index contributed by atoms with van der Waals surface area (Å²) in [7, 11) is 0. The molecule has 0 saturated heterocycles. The number of nitrogens with one attached hydrogen (secondary N) is 1. The van der Waals surface area contributed by atoms with Crippen LogP contribution >= 0.6 is 0 Å². The smallest absolute Gasteiger partial charge is 0.388 e. The summed E-state index contributed by atoms with van der Waals surface area (Å²) in [6, 6.07) is 0. The second-order valence-electron chi connectivity index (χ2n) is 1.73. The van der Waals surface area contributed by atoms with Crippen LogP contribution in [0.1, 0.15) is 0 Å². The highest BCUT2D eigenvalue weighted by Crippen LogP contribution is 2.17. The highest BCUT2D eigenvalue weighted by molar-refractivity contribution is 5.42. The molecule has 0 unspecified atom stereocenters. The Hall–Kier alpha value is -1.50. The third-order valence-electron chi connectivity index (χ3n) is 1.00. The minimum Gasteiger partial charge on any atom is -0.413 e. The number of nitrogens with zero attached hydrogens (tertiary/aromatic N) is 2. The molecule has 0 aliphatic carbocycles. The first kappa shape index (κ1) is 8.60. The molecule has 1 aromatic rings. The van der Waals surface area contributed by atoms with E-state index in [9.17, 15) is 8.78 Å². The molecule has 66 valence electrons. The van der Waals surface area contributed by atoms with Gasteiger partial charge in [0.25, 0.3) is 5.88 Å². The zero-order valence-corrected chi connectivity index (χ0v) is 5.87. The van der Waals surface area contributed by atoms with E-state index in [-0.39, 0.29) is 11.7 Å². The average Bonchev–Trinajstić information content (AvgIpc) is 2.04. The van der Waals surface area contributed by atoms with Crippen molar-refractivity contribution in [2.45, 2.75) is 6.61 Å². The number of hydrogen-bond donors (Lipinski definition) is 2. The monoisotopic (exact) mass is 176 g/mol. The second-order valence-corrected chi connectivity index (χ2v) is 1.73. The molecule has 0 amide bonds. The Morgan fingerprint density at radius 3 is 2.67 bits per heavy atom. The predicted octanol–water partition coefficient (Wildman–Crippen LogP) is 0.364. The molecule has 0 saturated carbocycles. The molecule has 0 radical (unpaired) electrons. The largest absolute Gasteiger partial charge is 0.413 e. The van der Waals surface area contributed by atoms with Gasteiger partial charge in [-0.1, -0.05) is 0 Å². The van der Waals surface area contributed by atoms with Crippen LogP contribution in [0, 0.1) is 0 Å². The predicted molar refractivity (Wildman–Crippen MR) is 36.5 cm³/mol. The summed E-state index contributed by atoms with van der Waals surface area (Å²) in [6.07, 6.45) is 2.52. The van der Waals surface area contributed by atoms with E-state index in [4.69, 9.17) is 5.84 Å². The summed E-state index contributed by atoms with van der Waals surface area (Å²) >= 11 is 0. The maximum absolute atomic E-state index is 11.7. The SMILES string of the molecule is NNc1nccnc1OC(F)F. The van der Waals surface area contributed by atoms with Crippen molar-refractivity contribution in [3.63, 3.8) is 0 Å². The molecule has 0 aliphatic heterocycles. The molecule has 1 aromatic heterocycles. The second kappa shape index (κ2) is 3.77. The zero-order chi connectivity index (χ0) is 8.97. The average molecular weight is 176 g/mol. The van der Waals surface area contributed by atoms with Crippen LogP contribution < -0.4 is 16.0 Å². The number of ether oxygens (including phenoxy) is 1. The van der Waals surface area contributed by atoms with E-state index in [0.29, 0.717) is 0 Å². The van der Waals surface area contributed by atoms with Crippen LogP contribution in [0.2, 0.25) is 0 Å². The Labute approximate surface area is 66.5 Å². The van der Waals surface area contributed by atoms with Crippen molar-refractivity contribution < 1.29 is 13.5 Å². The highest BCUT2D eigenvalue weighted by Gasteiger charge is 2.10. The van der Waals surface area contributed by atoms with Crippen molar-refractivity contribution in [3.05, 3.63) is 12.4 Å². The number of nitrogen functional groups attached to an aromatic ring is 1. The summed E-state index contributed by atoms with van der Waals surface area (Å²) in [5.41, 5.74) is 2.07. The Kier molecular flexibility index (Phi) is 2.70. The third-order valence-corrected chi connectivity index (χ3v) is 1.00. The zero-order valence-electron chi connectivity index (χ0n) is 5.87. The Balaban J connectivity index is 2.82. The van der Waals surface area contributed by atoms with Gasteiger partial charge in [0.2, 0.25) is 5.82 Å². The number of hydrazine groups is 1. The molecule has 0 fully saturated rings. The van der Waals surface area contributed by atoms with Gasteiger partial charge in [-0.25, -0.2) is 15.8 Å². The Morgan fingerprint density at radius 1 is 1.42 bits per heavy atom. The van der Waals surface area contributed by atoms with E-state index in [0.717, 1.165) is 0 Å². The molecule has 0 aliphatic rings. The third kappa shape index (κ3) is 1.99. The van der Waals surface area contributed by atoms with Crippen molar-refractivity contribution in [3.8, 4) is 5.88 Å². The number of hydrogen-bond acceptors (Lipinski definition) is 5. The van der Waals surface area contributed by atoms with E-state index in [1.165, 1.54) is 12.4 Å². The molecule has 7 heteroatoms. The Morgan fingerprint density at radius 2 is 2.08 bits per heavy atom. The number of rotatable bonds is 3. The summed E-state index contributed by atoms with van der Waals surface area (Å²) in [5, 5.41) is 0. The normalized spacial score (nSPS) is 10.0. The van der Waals surface area contributed by atoms with Gasteiger partial charge >= 0.3 is 6.61 Å². The molecule has 0 bridgehead atoms. The van der Waals surface area contributed by atoms with Crippen molar-refractivity contribution in [2.24, 2.45) is 5.84 Å². The summed E-state index contributed by atoms with van der Waals surface area (Å²) in [5.74, 6) is 4.60. The van der Waals surface area contributed by atoms with Gasteiger partial charge in [-0.3, -0.25) is 0 Å². The number of halogens is 2. The molecule has 1 rings (SSSR count). The molecule has 5 nitrogen and oxygen atoms in total. The lowest BCUT2D eigenvalue weighted by atomic mass is 10.6. The first-order valence-corrected chi connectivity index (χ1v) is 2.96. The van der Waals surface area contributed by atoms with E-state index in [1.54, 1.807) is 0 Å². The first-order chi connectivity index (χ1) is 5.74. The van der Waals surface area contributed by atoms with Crippen LogP contribution in [0.25, 0.3) is 0 Å². The quantitative estimate of drug-likeness (QED) is 0.514. The standard InChI is InChI=1S/C5H6F2N4O/c6-5(7)12-4-3(11-8)9-1-2-10-4/h1-2,5H,8H2,(H,9,11). The van der Waals surface area contributed by atoms with Crippen LogP contribution in [0.5, 0.6) is 5.88 Å². The maximum atomic E-state index is 11.7. The van der Waals surface area contributed by atoms with Gasteiger partial charge in [0.15, 0.2) is 0 Å². The van der Waals surface area contributed by atoms with Crippen LogP contribution in [-0.2, 0) is 0 Å². The van der Waals surface area contributed by atoms with E-state index < -0.39 is 6.61 Å². The van der Waals surface area contributed by atoms with E-state index in [2.05, 4.69) is 20.1 Å². The molecule has 0 atom stereocenters. The fraction of sp³-hybridized carbons (Fsp3) is 0.200.